The topological polar surface area (TPSA) is 71.8 Å². The molecule has 2 aromatic rings. The van der Waals surface area contributed by atoms with Gasteiger partial charge in [-0.15, -0.1) is 11.3 Å². The van der Waals surface area contributed by atoms with E-state index in [4.69, 9.17) is 0 Å². The molecule has 2 N–H and O–H groups in total. The monoisotopic (exact) mass is 321 g/mol. The number of amides is 2. The smallest absolute Gasteiger partial charge is 0.319 e. The van der Waals surface area contributed by atoms with Crippen molar-refractivity contribution in [3.8, 4) is 0 Å². The molecule has 2 rings (SSSR count). The van der Waals surface area contributed by atoms with Gasteiger partial charge < -0.3 is 10.6 Å². The number of carbonyl (C=O) groups is 1. The minimum absolute atomic E-state index is 0.104. The van der Waals surface area contributed by atoms with E-state index < -0.39 is 0 Å². The summed E-state index contributed by atoms with van der Waals surface area (Å²) in [5, 5.41) is 13.0. The van der Waals surface area contributed by atoms with Crippen LogP contribution in [0.1, 0.15) is 44.3 Å². The zero-order valence-electron chi connectivity index (χ0n) is 13.7. The summed E-state index contributed by atoms with van der Waals surface area (Å²) in [4.78, 5) is 16.4. The molecule has 6 nitrogen and oxygen atoms in total. The Kier molecular flexibility index (Phi) is 4.85. The Morgan fingerprint density at radius 2 is 2.18 bits per heavy atom. The highest BCUT2D eigenvalue weighted by Crippen LogP contribution is 2.19. The number of urea groups is 1. The number of nitrogens with one attached hydrogen (secondary N) is 2. The highest BCUT2D eigenvalue weighted by molar-refractivity contribution is 7.09. The minimum atomic E-state index is -0.228. The van der Waals surface area contributed by atoms with E-state index in [0.29, 0.717) is 12.2 Å². The van der Waals surface area contributed by atoms with Crippen LogP contribution in [0.3, 0.4) is 0 Å². The van der Waals surface area contributed by atoms with Crippen LogP contribution in [-0.4, -0.2) is 27.3 Å². The van der Waals surface area contributed by atoms with Crippen LogP contribution >= 0.6 is 11.3 Å². The van der Waals surface area contributed by atoms with E-state index in [1.807, 2.05) is 23.2 Å². The minimum Gasteiger partial charge on any atom is -0.337 e. The Labute approximate surface area is 135 Å². The van der Waals surface area contributed by atoms with Gasteiger partial charge >= 0.3 is 6.03 Å². The normalized spacial score (nSPS) is 13.0. The molecule has 22 heavy (non-hydrogen) atoms. The molecule has 0 fully saturated rings. The number of anilines is 1. The highest BCUT2D eigenvalue weighted by Gasteiger charge is 2.15. The van der Waals surface area contributed by atoms with E-state index in [2.05, 4.69) is 48.4 Å². The Balaban J connectivity index is 1.84. The molecule has 1 atom stereocenters. The summed E-state index contributed by atoms with van der Waals surface area (Å²) in [6.45, 7) is 10.7. The fourth-order valence-corrected chi connectivity index (χ4v) is 2.72. The van der Waals surface area contributed by atoms with E-state index in [1.165, 1.54) is 0 Å². The van der Waals surface area contributed by atoms with E-state index >= 15 is 0 Å². The van der Waals surface area contributed by atoms with Crippen LogP contribution in [0.5, 0.6) is 0 Å². The van der Waals surface area contributed by atoms with Crippen LogP contribution in [0.25, 0.3) is 0 Å². The molecule has 7 heteroatoms. The molecule has 2 aromatic heterocycles. The Hall–Kier alpha value is -1.89. The second kappa shape index (κ2) is 6.48. The Morgan fingerprint density at radius 1 is 1.45 bits per heavy atom. The number of carbonyl (C=O) groups excluding carboxylic acids is 1. The van der Waals surface area contributed by atoms with Crippen molar-refractivity contribution in [3.05, 3.63) is 28.5 Å². The molecular weight excluding hydrogens is 298 g/mol. The third-order valence-electron chi connectivity index (χ3n) is 3.15. The summed E-state index contributed by atoms with van der Waals surface area (Å²) in [5.41, 5.74) is 1.60. The van der Waals surface area contributed by atoms with Gasteiger partial charge in [0.15, 0.2) is 0 Å². The van der Waals surface area contributed by atoms with Gasteiger partial charge in [0, 0.05) is 29.7 Å². The first-order valence-corrected chi connectivity index (χ1v) is 8.15. The molecule has 0 aliphatic carbocycles. The summed E-state index contributed by atoms with van der Waals surface area (Å²) in [5.74, 6) is 0.196. The van der Waals surface area contributed by atoms with Crippen LogP contribution in [0.4, 0.5) is 10.5 Å². The van der Waals surface area contributed by atoms with Crippen LogP contribution < -0.4 is 10.6 Å². The van der Waals surface area contributed by atoms with E-state index in [-0.39, 0.29) is 17.5 Å². The van der Waals surface area contributed by atoms with Crippen molar-refractivity contribution in [2.75, 3.05) is 11.9 Å². The van der Waals surface area contributed by atoms with Crippen molar-refractivity contribution in [1.82, 2.24) is 20.1 Å². The molecule has 0 bridgehead atoms. The number of thiazole rings is 1. The molecule has 0 radical (unpaired) electrons. The van der Waals surface area contributed by atoms with E-state index in [9.17, 15) is 4.79 Å². The van der Waals surface area contributed by atoms with Gasteiger partial charge in [-0.25, -0.2) is 9.78 Å². The molecule has 120 valence electrons. The predicted molar refractivity (Wildman–Crippen MR) is 89.5 cm³/mol. The maximum absolute atomic E-state index is 11.9. The third kappa shape index (κ3) is 4.30. The maximum atomic E-state index is 11.9. The first-order valence-electron chi connectivity index (χ1n) is 7.28. The average Bonchev–Trinajstić information content (AvgIpc) is 3.04. The summed E-state index contributed by atoms with van der Waals surface area (Å²) < 4.78 is 1.82. The molecule has 0 saturated carbocycles. The van der Waals surface area contributed by atoms with Crippen molar-refractivity contribution in [1.29, 1.82) is 0 Å². The molecule has 0 spiro atoms. The predicted octanol–water partition coefficient (Wildman–Crippen LogP) is 3.33. The van der Waals surface area contributed by atoms with Gasteiger partial charge in [-0.1, -0.05) is 6.92 Å². The summed E-state index contributed by atoms with van der Waals surface area (Å²) >= 11 is 1.62. The fourth-order valence-electron chi connectivity index (χ4n) is 1.86. The van der Waals surface area contributed by atoms with Crippen molar-refractivity contribution >= 4 is 23.1 Å². The number of aryl methyl sites for hydroxylation is 1. The lowest BCUT2D eigenvalue weighted by atomic mass is 10.1. The number of hydrogen-bond donors (Lipinski definition) is 2. The van der Waals surface area contributed by atoms with Crippen molar-refractivity contribution in [2.45, 2.75) is 46.1 Å². The SMILES string of the molecule is Cc1csc([C@H](C)CNC(=O)Nc2cnn(C(C)(C)C)c2)n1. The van der Waals surface area contributed by atoms with Gasteiger partial charge in [0.1, 0.15) is 0 Å². The number of nitrogens with zero attached hydrogens (tertiary/aromatic N) is 3. The van der Waals surface area contributed by atoms with Crippen molar-refractivity contribution in [3.63, 3.8) is 0 Å². The zero-order chi connectivity index (χ0) is 16.3. The second-order valence-electron chi connectivity index (χ2n) is 6.41. The average molecular weight is 321 g/mol. The van der Waals surface area contributed by atoms with Crippen LogP contribution in [0.2, 0.25) is 0 Å². The summed E-state index contributed by atoms with van der Waals surface area (Å²) in [6.07, 6.45) is 3.48. The molecule has 2 amide bonds. The molecule has 0 aliphatic heterocycles. The molecule has 0 aromatic carbocycles. The molecule has 0 saturated heterocycles. The summed E-state index contributed by atoms with van der Waals surface area (Å²) in [6, 6.07) is -0.228. The molecule has 0 unspecified atom stereocenters. The van der Waals surface area contributed by atoms with Gasteiger partial charge in [-0.3, -0.25) is 4.68 Å². The van der Waals surface area contributed by atoms with Crippen LogP contribution in [0.15, 0.2) is 17.8 Å². The Morgan fingerprint density at radius 3 is 2.73 bits per heavy atom. The largest absolute Gasteiger partial charge is 0.337 e. The van der Waals surface area contributed by atoms with E-state index in [0.717, 1.165) is 10.7 Å². The van der Waals surface area contributed by atoms with Gasteiger partial charge in [-0.05, 0) is 27.7 Å². The quantitative estimate of drug-likeness (QED) is 0.907. The van der Waals surface area contributed by atoms with Crippen LogP contribution in [-0.2, 0) is 5.54 Å². The first kappa shape index (κ1) is 16.5. The van der Waals surface area contributed by atoms with Gasteiger partial charge in [0.05, 0.1) is 22.4 Å². The number of aromatic nitrogens is 3. The molecule has 0 aliphatic rings. The van der Waals surface area contributed by atoms with Gasteiger partial charge in [0.25, 0.3) is 0 Å². The van der Waals surface area contributed by atoms with Gasteiger partial charge in [0.2, 0.25) is 0 Å². The standard InChI is InChI=1S/C15H23N5OS/c1-10(13-18-11(2)9-22-13)6-16-14(21)19-12-7-17-20(8-12)15(3,4)5/h7-10H,6H2,1-5H3,(H2,16,19,21)/t10-/m1/s1. The fraction of sp³-hybridized carbons (Fsp3) is 0.533. The second-order valence-corrected chi connectivity index (χ2v) is 7.30. The lowest BCUT2D eigenvalue weighted by Gasteiger charge is -2.18. The number of rotatable bonds is 4. The number of hydrogen-bond acceptors (Lipinski definition) is 4. The van der Waals surface area contributed by atoms with E-state index in [1.54, 1.807) is 17.5 Å². The Bertz CT molecular complexity index is 640. The van der Waals surface area contributed by atoms with Crippen LogP contribution in [0, 0.1) is 6.92 Å². The van der Waals surface area contributed by atoms with Crippen molar-refractivity contribution < 1.29 is 4.79 Å². The maximum Gasteiger partial charge on any atom is 0.319 e. The molecular formula is C15H23N5OS. The van der Waals surface area contributed by atoms with Crippen molar-refractivity contribution in [2.24, 2.45) is 0 Å². The molecule has 2 heterocycles. The lowest BCUT2D eigenvalue weighted by Crippen LogP contribution is -2.31. The highest BCUT2D eigenvalue weighted by atomic mass is 32.1. The third-order valence-corrected chi connectivity index (χ3v) is 4.35. The lowest BCUT2D eigenvalue weighted by molar-refractivity contribution is 0.251. The first-order chi connectivity index (χ1) is 10.3. The summed E-state index contributed by atoms with van der Waals surface area (Å²) in [7, 11) is 0. The zero-order valence-corrected chi connectivity index (χ0v) is 14.5. The van der Waals surface area contributed by atoms with Gasteiger partial charge in [-0.2, -0.15) is 5.10 Å².